The van der Waals surface area contributed by atoms with E-state index in [0.717, 1.165) is 39.9 Å². The highest BCUT2D eigenvalue weighted by atomic mass is 16.5. The number of aromatic amines is 1. The van der Waals surface area contributed by atoms with E-state index in [1.165, 1.54) is 0 Å². The number of nitrogens with one attached hydrogen (secondary N) is 2. The van der Waals surface area contributed by atoms with Gasteiger partial charge in [-0.3, -0.25) is 4.79 Å². The van der Waals surface area contributed by atoms with Gasteiger partial charge in [0.2, 0.25) is 0 Å². The van der Waals surface area contributed by atoms with Gasteiger partial charge in [-0.2, -0.15) is 0 Å². The maximum absolute atomic E-state index is 13.3. The lowest BCUT2D eigenvalue weighted by atomic mass is 9.83. The predicted molar refractivity (Wildman–Crippen MR) is 139 cm³/mol. The van der Waals surface area contributed by atoms with E-state index >= 15 is 0 Å². The Bertz CT molecular complexity index is 1230. The highest BCUT2D eigenvalue weighted by molar-refractivity contribution is 6.02. The lowest BCUT2D eigenvalue weighted by molar-refractivity contribution is 0.0938. The maximum atomic E-state index is 13.3. The van der Waals surface area contributed by atoms with Gasteiger partial charge in [0, 0.05) is 35.0 Å². The van der Waals surface area contributed by atoms with Gasteiger partial charge < -0.3 is 19.9 Å². The number of H-pyrrole nitrogens is 1. The Morgan fingerprint density at radius 3 is 2.24 bits per heavy atom. The molecule has 1 unspecified atom stereocenters. The van der Waals surface area contributed by atoms with Crippen molar-refractivity contribution in [2.75, 3.05) is 27.2 Å². The molecule has 0 aliphatic heterocycles. The number of carbonyl (C=O) groups excluding carboxylic acids is 1. The smallest absolute Gasteiger partial charge is 0.268 e. The second-order valence-corrected chi connectivity index (χ2v) is 9.15. The number of benzene rings is 3. The zero-order chi connectivity index (χ0) is 24.1. The molecular weight excluding hydrogens is 422 g/mol. The number of nitrogens with zero attached hydrogens (tertiary/aromatic N) is 1. The average Bonchev–Trinajstić information content (AvgIpc) is 3.20. The monoisotopic (exact) mass is 455 g/mol. The second-order valence-electron chi connectivity index (χ2n) is 9.15. The molecule has 1 heterocycles. The number of rotatable bonds is 9. The molecule has 0 bridgehead atoms. The third-order valence-electron chi connectivity index (χ3n) is 5.84. The predicted octanol–water partition coefficient (Wildman–Crippen LogP) is 5.43. The number of hydrogen-bond acceptors (Lipinski definition) is 3. The van der Waals surface area contributed by atoms with Gasteiger partial charge >= 0.3 is 0 Å². The molecule has 0 saturated heterocycles. The van der Waals surface area contributed by atoms with Gasteiger partial charge in [-0.25, -0.2) is 0 Å². The number of amides is 1. The second kappa shape index (κ2) is 10.6. The number of aromatic nitrogens is 1. The largest absolute Gasteiger partial charge is 0.492 e. The normalized spacial score (nSPS) is 12.3. The summed E-state index contributed by atoms with van der Waals surface area (Å²) in [5.41, 5.74) is 4.79. The van der Waals surface area contributed by atoms with Crippen LogP contribution in [0.5, 0.6) is 5.75 Å². The zero-order valence-electron chi connectivity index (χ0n) is 20.3. The summed E-state index contributed by atoms with van der Waals surface area (Å²) in [4.78, 5) is 18.8. The summed E-state index contributed by atoms with van der Waals surface area (Å²) in [5.74, 6) is 0.640. The Kier molecular flexibility index (Phi) is 7.33. The van der Waals surface area contributed by atoms with Crippen molar-refractivity contribution >= 4 is 16.8 Å². The highest BCUT2D eigenvalue weighted by Crippen LogP contribution is 2.39. The standard InChI is InChI=1S/C29H33N3O2/c1-20(2)30-29(33)28-27(24-12-8-9-13-25(24)31-28)26(21-10-6-5-7-11-21)22-14-16-23(17-15-22)34-19-18-32(3)4/h5-17,20,26,31H,18-19H2,1-4H3,(H,30,33). The lowest BCUT2D eigenvalue weighted by Gasteiger charge is -2.21. The Labute approximate surface area is 201 Å². The first kappa shape index (κ1) is 23.6. The average molecular weight is 456 g/mol. The molecular formula is C29H33N3O2. The van der Waals surface area contributed by atoms with Crippen LogP contribution in [0.4, 0.5) is 0 Å². The molecule has 176 valence electrons. The molecule has 1 amide bonds. The zero-order valence-corrected chi connectivity index (χ0v) is 20.3. The van der Waals surface area contributed by atoms with Crippen molar-refractivity contribution in [1.82, 2.24) is 15.2 Å². The number of likely N-dealkylation sites (N-methyl/N-ethyl adjacent to an activating group) is 1. The van der Waals surface area contributed by atoms with Crippen LogP contribution in [0.15, 0.2) is 78.9 Å². The van der Waals surface area contributed by atoms with E-state index in [1.54, 1.807) is 0 Å². The van der Waals surface area contributed by atoms with Crippen LogP contribution in [-0.2, 0) is 0 Å². The fourth-order valence-corrected chi connectivity index (χ4v) is 4.25. The first-order valence-electron chi connectivity index (χ1n) is 11.8. The van der Waals surface area contributed by atoms with E-state index in [1.807, 2.05) is 76.5 Å². The van der Waals surface area contributed by atoms with Gasteiger partial charge in [-0.15, -0.1) is 0 Å². The molecule has 3 aromatic carbocycles. The molecule has 0 saturated carbocycles. The Hall–Kier alpha value is -3.57. The van der Waals surface area contributed by atoms with E-state index in [0.29, 0.717) is 12.3 Å². The van der Waals surface area contributed by atoms with E-state index < -0.39 is 0 Å². The van der Waals surface area contributed by atoms with Crippen molar-refractivity contribution in [3.05, 3.63) is 101 Å². The lowest BCUT2D eigenvalue weighted by Crippen LogP contribution is -2.31. The quantitative estimate of drug-likeness (QED) is 0.354. The highest BCUT2D eigenvalue weighted by Gasteiger charge is 2.27. The number of fused-ring (bicyclic) bond motifs is 1. The molecule has 0 radical (unpaired) electrons. The van der Waals surface area contributed by atoms with Gasteiger partial charge in [0.25, 0.3) is 5.91 Å². The van der Waals surface area contributed by atoms with E-state index in [9.17, 15) is 4.79 Å². The molecule has 0 spiro atoms. The number of carbonyl (C=O) groups is 1. The molecule has 4 rings (SSSR count). The van der Waals surface area contributed by atoms with Crippen molar-refractivity contribution in [2.24, 2.45) is 0 Å². The van der Waals surface area contributed by atoms with E-state index in [-0.39, 0.29) is 17.9 Å². The topological polar surface area (TPSA) is 57.4 Å². The fourth-order valence-electron chi connectivity index (χ4n) is 4.25. The minimum atomic E-state index is -0.110. The van der Waals surface area contributed by atoms with Crippen LogP contribution in [-0.4, -0.2) is 49.1 Å². The van der Waals surface area contributed by atoms with Gasteiger partial charge in [0.05, 0.1) is 0 Å². The van der Waals surface area contributed by atoms with Crippen LogP contribution < -0.4 is 10.1 Å². The third kappa shape index (κ3) is 5.32. The SMILES string of the molecule is CC(C)NC(=O)c1[nH]c2ccccc2c1C(c1ccccc1)c1ccc(OCCN(C)C)cc1. The van der Waals surface area contributed by atoms with Gasteiger partial charge in [-0.1, -0.05) is 60.7 Å². The van der Waals surface area contributed by atoms with Crippen LogP contribution in [0, 0.1) is 0 Å². The summed E-state index contributed by atoms with van der Waals surface area (Å²) in [6.45, 7) is 5.45. The Morgan fingerprint density at radius 1 is 0.912 bits per heavy atom. The summed E-state index contributed by atoms with van der Waals surface area (Å²) in [5, 5.41) is 4.12. The van der Waals surface area contributed by atoms with Gasteiger partial charge in [0.1, 0.15) is 18.1 Å². The third-order valence-corrected chi connectivity index (χ3v) is 5.84. The summed E-state index contributed by atoms with van der Waals surface area (Å²) in [6, 6.07) is 26.8. The van der Waals surface area contributed by atoms with Crippen LogP contribution in [0.1, 0.15) is 46.9 Å². The van der Waals surface area contributed by atoms with E-state index in [4.69, 9.17) is 4.74 Å². The molecule has 1 aromatic heterocycles. The summed E-state index contributed by atoms with van der Waals surface area (Å²) < 4.78 is 5.91. The van der Waals surface area contributed by atoms with Crippen LogP contribution in [0.3, 0.4) is 0 Å². The molecule has 4 aromatic rings. The van der Waals surface area contributed by atoms with Gasteiger partial charge in [-0.05, 0) is 57.3 Å². The van der Waals surface area contributed by atoms with Crippen molar-refractivity contribution in [2.45, 2.75) is 25.8 Å². The molecule has 0 fully saturated rings. The van der Waals surface area contributed by atoms with Crippen molar-refractivity contribution in [3.63, 3.8) is 0 Å². The van der Waals surface area contributed by atoms with Gasteiger partial charge in [0.15, 0.2) is 0 Å². The van der Waals surface area contributed by atoms with Crippen LogP contribution in [0.2, 0.25) is 0 Å². The van der Waals surface area contributed by atoms with Crippen LogP contribution >= 0.6 is 0 Å². The maximum Gasteiger partial charge on any atom is 0.268 e. The first-order chi connectivity index (χ1) is 16.4. The molecule has 0 aliphatic rings. The fraction of sp³-hybridized carbons (Fsp3) is 0.276. The summed E-state index contributed by atoms with van der Waals surface area (Å²) in [6.07, 6.45) is 0. The molecule has 5 heteroatoms. The number of ether oxygens (including phenoxy) is 1. The Balaban J connectivity index is 1.81. The Morgan fingerprint density at radius 2 is 1.56 bits per heavy atom. The molecule has 0 aliphatic carbocycles. The van der Waals surface area contributed by atoms with Crippen LogP contribution in [0.25, 0.3) is 10.9 Å². The summed E-state index contributed by atoms with van der Waals surface area (Å²) >= 11 is 0. The summed E-state index contributed by atoms with van der Waals surface area (Å²) in [7, 11) is 4.07. The number of para-hydroxylation sites is 1. The van der Waals surface area contributed by atoms with Crippen molar-refractivity contribution in [3.8, 4) is 5.75 Å². The minimum Gasteiger partial charge on any atom is -0.492 e. The molecule has 1 atom stereocenters. The minimum absolute atomic E-state index is 0.0422. The molecule has 5 nitrogen and oxygen atoms in total. The van der Waals surface area contributed by atoms with Crippen molar-refractivity contribution in [1.29, 1.82) is 0 Å². The number of hydrogen-bond donors (Lipinski definition) is 2. The van der Waals surface area contributed by atoms with E-state index in [2.05, 4.69) is 45.5 Å². The molecule has 2 N–H and O–H groups in total. The van der Waals surface area contributed by atoms with Crippen molar-refractivity contribution < 1.29 is 9.53 Å². The molecule has 34 heavy (non-hydrogen) atoms. The first-order valence-corrected chi connectivity index (χ1v) is 11.8.